The van der Waals surface area contributed by atoms with Crippen molar-refractivity contribution in [2.75, 3.05) is 24.5 Å². The fourth-order valence-electron chi connectivity index (χ4n) is 2.16. The molecule has 1 amide bonds. The molecule has 0 bridgehead atoms. The molecule has 0 unspecified atom stereocenters. The maximum Gasteiger partial charge on any atom is 0.261 e. The van der Waals surface area contributed by atoms with E-state index in [0.29, 0.717) is 31.7 Å². The van der Waals surface area contributed by atoms with Gasteiger partial charge < -0.3 is 10.1 Å². The second-order valence-electron chi connectivity index (χ2n) is 5.42. The van der Waals surface area contributed by atoms with Crippen molar-refractivity contribution < 1.29 is 17.9 Å². The molecule has 26 heavy (non-hydrogen) atoms. The Labute approximate surface area is 158 Å². The van der Waals surface area contributed by atoms with Gasteiger partial charge in [-0.2, -0.15) is 0 Å². The zero-order valence-corrected chi connectivity index (χ0v) is 15.9. The van der Waals surface area contributed by atoms with Gasteiger partial charge in [-0.1, -0.05) is 29.8 Å². The molecule has 0 heterocycles. The van der Waals surface area contributed by atoms with Gasteiger partial charge >= 0.3 is 0 Å². The molecule has 6 nitrogen and oxygen atoms in total. The van der Waals surface area contributed by atoms with Gasteiger partial charge in [0, 0.05) is 25.3 Å². The zero-order valence-electron chi connectivity index (χ0n) is 14.4. The quantitative estimate of drug-likeness (QED) is 0.637. The van der Waals surface area contributed by atoms with E-state index in [-0.39, 0.29) is 21.5 Å². The average molecular weight is 397 g/mol. The van der Waals surface area contributed by atoms with Gasteiger partial charge in [-0.05, 0) is 43.7 Å². The van der Waals surface area contributed by atoms with Gasteiger partial charge in [0.2, 0.25) is 0 Å². The van der Waals surface area contributed by atoms with E-state index < -0.39 is 10.0 Å². The van der Waals surface area contributed by atoms with Crippen LogP contribution in [0, 0.1) is 0 Å². The van der Waals surface area contributed by atoms with Crippen LogP contribution in [0.25, 0.3) is 0 Å². The van der Waals surface area contributed by atoms with Crippen molar-refractivity contribution in [3.8, 4) is 0 Å². The van der Waals surface area contributed by atoms with E-state index in [1.54, 1.807) is 18.2 Å². The zero-order chi connectivity index (χ0) is 19.0. The van der Waals surface area contributed by atoms with Crippen LogP contribution in [0.4, 0.5) is 5.69 Å². The molecule has 0 atom stereocenters. The first-order valence-corrected chi connectivity index (χ1v) is 10.0. The second kappa shape index (κ2) is 9.56. The van der Waals surface area contributed by atoms with Crippen LogP contribution in [0.1, 0.15) is 23.7 Å². The fraction of sp³-hybridized carbons (Fsp3) is 0.278. The summed E-state index contributed by atoms with van der Waals surface area (Å²) < 4.78 is 32.3. The van der Waals surface area contributed by atoms with E-state index in [1.165, 1.54) is 30.3 Å². The Kier molecular flexibility index (Phi) is 7.44. The lowest BCUT2D eigenvalue weighted by Crippen LogP contribution is -2.25. The first-order chi connectivity index (χ1) is 12.4. The van der Waals surface area contributed by atoms with E-state index in [1.807, 2.05) is 6.92 Å². The summed E-state index contributed by atoms with van der Waals surface area (Å²) in [6.45, 7) is 3.62. The molecule has 0 radical (unpaired) electrons. The number of ether oxygens (including phenoxy) is 1. The molecule has 0 saturated heterocycles. The molecule has 0 spiro atoms. The largest absolute Gasteiger partial charge is 0.382 e. The van der Waals surface area contributed by atoms with Crippen molar-refractivity contribution in [3.63, 3.8) is 0 Å². The summed E-state index contributed by atoms with van der Waals surface area (Å²) >= 11 is 6.14. The minimum atomic E-state index is -3.74. The topological polar surface area (TPSA) is 84.5 Å². The minimum Gasteiger partial charge on any atom is -0.382 e. The number of sulfonamides is 1. The molecule has 140 valence electrons. The molecule has 0 fully saturated rings. The van der Waals surface area contributed by atoms with Crippen LogP contribution in [-0.4, -0.2) is 34.1 Å². The molecule has 2 rings (SSSR count). The summed E-state index contributed by atoms with van der Waals surface area (Å²) in [5.74, 6) is -0.277. The Morgan fingerprint density at radius 2 is 1.88 bits per heavy atom. The van der Waals surface area contributed by atoms with Gasteiger partial charge in [0.25, 0.3) is 15.9 Å². The van der Waals surface area contributed by atoms with Gasteiger partial charge in [-0.3, -0.25) is 9.52 Å². The van der Waals surface area contributed by atoms with Crippen LogP contribution < -0.4 is 10.0 Å². The highest BCUT2D eigenvalue weighted by atomic mass is 35.5. The molecule has 0 aromatic heterocycles. The average Bonchev–Trinajstić information content (AvgIpc) is 2.63. The Morgan fingerprint density at radius 1 is 1.15 bits per heavy atom. The summed E-state index contributed by atoms with van der Waals surface area (Å²) in [6.07, 6.45) is 0.711. The van der Waals surface area contributed by atoms with E-state index in [2.05, 4.69) is 10.0 Å². The molecule has 0 aliphatic rings. The first-order valence-electron chi connectivity index (χ1n) is 8.17. The monoisotopic (exact) mass is 396 g/mol. The standard InChI is InChI=1S/C18H21ClN2O4S/c1-2-25-12-6-11-20-18(22)14-9-10-17(16(19)13-14)21-26(23,24)15-7-4-3-5-8-15/h3-5,7-10,13,21H,2,6,11-12H2,1H3,(H,20,22). The number of halogens is 1. The number of anilines is 1. The van der Waals surface area contributed by atoms with Crippen molar-refractivity contribution in [3.05, 3.63) is 59.1 Å². The van der Waals surface area contributed by atoms with E-state index in [0.717, 1.165) is 0 Å². The summed E-state index contributed by atoms with van der Waals surface area (Å²) in [7, 11) is -3.74. The van der Waals surface area contributed by atoms with Crippen LogP contribution in [0.2, 0.25) is 5.02 Å². The predicted molar refractivity (Wildman–Crippen MR) is 102 cm³/mol. The molecule has 0 saturated carbocycles. The lowest BCUT2D eigenvalue weighted by atomic mass is 10.2. The molecular weight excluding hydrogens is 376 g/mol. The van der Waals surface area contributed by atoms with Crippen LogP contribution >= 0.6 is 11.6 Å². The van der Waals surface area contributed by atoms with Crippen LogP contribution in [0.3, 0.4) is 0 Å². The minimum absolute atomic E-state index is 0.132. The Hall–Kier alpha value is -2.09. The van der Waals surface area contributed by atoms with E-state index >= 15 is 0 Å². The summed E-state index contributed by atoms with van der Waals surface area (Å²) in [6, 6.07) is 12.4. The summed E-state index contributed by atoms with van der Waals surface area (Å²) in [4.78, 5) is 12.2. The van der Waals surface area contributed by atoms with Crippen molar-refractivity contribution in [2.45, 2.75) is 18.2 Å². The van der Waals surface area contributed by atoms with E-state index in [9.17, 15) is 13.2 Å². The maximum atomic E-state index is 12.3. The Bertz CT molecular complexity index is 842. The third kappa shape index (κ3) is 5.72. The van der Waals surface area contributed by atoms with Gasteiger partial charge in [-0.25, -0.2) is 8.42 Å². The van der Waals surface area contributed by atoms with Crippen LogP contribution in [0.15, 0.2) is 53.4 Å². The molecule has 2 aromatic rings. The number of nitrogens with one attached hydrogen (secondary N) is 2. The highest BCUT2D eigenvalue weighted by Crippen LogP contribution is 2.25. The molecule has 2 aromatic carbocycles. The lowest BCUT2D eigenvalue weighted by molar-refractivity contribution is 0.0944. The lowest BCUT2D eigenvalue weighted by Gasteiger charge is -2.11. The third-order valence-electron chi connectivity index (χ3n) is 3.48. The van der Waals surface area contributed by atoms with Crippen molar-refractivity contribution in [1.29, 1.82) is 0 Å². The number of amides is 1. The Morgan fingerprint density at radius 3 is 2.54 bits per heavy atom. The predicted octanol–water partition coefficient (Wildman–Crippen LogP) is 3.30. The SMILES string of the molecule is CCOCCCNC(=O)c1ccc(NS(=O)(=O)c2ccccc2)c(Cl)c1. The number of carbonyl (C=O) groups is 1. The van der Waals surface area contributed by atoms with Gasteiger partial charge in [-0.15, -0.1) is 0 Å². The van der Waals surface area contributed by atoms with Crippen LogP contribution in [0.5, 0.6) is 0 Å². The normalized spacial score (nSPS) is 11.2. The highest BCUT2D eigenvalue weighted by molar-refractivity contribution is 7.92. The number of hydrogen-bond donors (Lipinski definition) is 2. The van der Waals surface area contributed by atoms with Crippen molar-refractivity contribution in [2.24, 2.45) is 0 Å². The van der Waals surface area contributed by atoms with Crippen molar-refractivity contribution >= 4 is 33.2 Å². The van der Waals surface area contributed by atoms with E-state index in [4.69, 9.17) is 16.3 Å². The number of rotatable bonds is 9. The van der Waals surface area contributed by atoms with Crippen LogP contribution in [-0.2, 0) is 14.8 Å². The molecular formula is C18H21ClN2O4S. The number of benzene rings is 2. The van der Waals surface area contributed by atoms with Gasteiger partial charge in [0.15, 0.2) is 0 Å². The number of carbonyl (C=O) groups excluding carboxylic acids is 1. The van der Waals surface area contributed by atoms with Gasteiger partial charge in [0.05, 0.1) is 15.6 Å². The molecule has 0 aliphatic heterocycles. The molecule has 0 aliphatic carbocycles. The summed E-state index contributed by atoms with van der Waals surface area (Å²) in [5, 5.41) is 2.91. The van der Waals surface area contributed by atoms with Crippen molar-refractivity contribution in [1.82, 2.24) is 5.32 Å². The number of hydrogen-bond acceptors (Lipinski definition) is 4. The fourth-order valence-corrected chi connectivity index (χ4v) is 3.55. The maximum absolute atomic E-state index is 12.3. The first kappa shape index (κ1) is 20.2. The molecule has 8 heteroatoms. The third-order valence-corrected chi connectivity index (χ3v) is 5.18. The van der Waals surface area contributed by atoms with Gasteiger partial charge in [0.1, 0.15) is 0 Å². The highest BCUT2D eigenvalue weighted by Gasteiger charge is 2.16. The second-order valence-corrected chi connectivity index (χ2v) is 7.51. The smallest absolute Gasteiger partial charge is 0.261 e. The summed E-state index contributed by atoms with van der Waals surface area (Å²) in [5.41, 5.74) is 0.567. The Balaban J connectivity index is 2.02. The molecule has 2 N–H and O–H groups in total.